The number of ether oxygens (including phenoxy) is 3. The van der Waals surface area contributed by atoms with Gasteiger partial charge in [0.25, 0.3) is 5.91 Å². The van der Waals surface area contributed by atoms with Crippen LogP contribution in [0.5, 0.6) is 11.5 Å². The van der Waals surface area contributed by atoms with E-state index in [0.717, 1.165) is 0 Å². The van der Waals surface area contributed by atoms with Gasteiger partial charge in [-0.1, -0.05) is 0 Å². The van der Waals surface area contributed by atoms with Crippen LogP contribution in [0.15, 0.2) is 17.7 Å². The van der Waals surface area contributed by atoms with Gasteiger partial charge in [0.1, 0.15) is 11.6 Å². The summed E-state index contributed by atoms with van der Waals surface area (Å²) in [6.45, 7) is 1.96. The normalized spacial score (nSPS) is 10.6. The van der Waals surface area contributed by atoms with E-state index in [1.807, 2.05) is 35.6 Å². The third-order valence-electron chi connectivity index (χ3n) is 2.96. The molecule has 0 radical (unpaired) electrons. The van der Waals surface area contributed by atoms with Gasteiger partial charge in [-0.15, -0.1) is 0 Å². The highest BCUT2D eigenvalue weighted by Gasteiger charge is 2.16. The SMILES string of the molecule is CCOc1cc(/C=C(/C#N)C(=O)N(C)C)cc(I)c1OCC(=O)OC. The summed E-state index contributed by atoms with van der Waals surface area (Å²) < 4.78 is 16.3. The average molecular weight is 458 g/mol. The number of hydrogen-bond donors (Lipinski definition) is 0. The second kappa shape index (κ2) is 9.88. The van der Waals surface area contributed by atoms with Gasteiger partial charge in [0.15, 0.2) is 18.1 Å². The molecule has 0 bridgehead atoms. The molecule has 0 unspecified atom stereocenters. The lowest BCUT2D eigenvalue weighted by Crippen LogP contribution is -2.22. The first kappa shape index (κ1) is 20.8. The summed E-state index contributed by atoms with van der Waals surface area (Å²) in [6.07, 6.45) is 1.48. The van der Waals surface area contributed by atoms with E-state index < -0.39 is 5.97 Å². The molecule has 0 N–H and O–H groups in total. The van der Waals surface area contributed by atoms with Crippen molar-refractivity contribution in [3.05, 3.63) is 26.8 Å². The maximum absolute atomic E-state index is 12.0. The Balaban J connectivity index is 3.26. The van der Waals surface area contributed by atoms with E-state index in [4.69, 9.17) is 9.47 Å². The van der Waals surface area contributed by atoms with Gasteiger partial charge >= 0.3 is 5.97 Å². The Morgan fingerprint density at radius 1 is 1.32 bits per heavy atom. The topological polar surface area (TPSA) is 88.9 Å². The number of esters is 1. The van der Waals surface area contributed by atoms with Crippen LogP contribution in [0, 0.1) is 14.9 Å². The van der Waals surface area contributed by atoms with Crippen molar-refractivity contribution in [3.8, 4) is 17.6 Å². The summed E-state index contributed by atoms with van der Waals surface area (Å²) >= 11 is 2.04. The number of methoxy groups -OCH3 is 1. The van der Waals surface area contributed by atoms with Crippen LogP contribution < -0.4 is 9.47 Å². The van der Waals surface area contributed by atoms with Crippen LogP contribution in [0.3, 0.4) is 0 Å². The van der Waals surface area contributed by atoms with Crippen molar-refractivity contribution in [2.45, 2.75) is 6.92 Å². The molecule has 0 saturated carbocycles. The summed E-state index contributed by atoms with van der Waals surface area (Å²) in [5.41, 5.74) is 0.622. The zero-order valence-corrected chi connectivity index (χ0v) is 16.6. The van der Waals surface area contributed by atoms with Crippen LogP contribution in [0.4, 0.5) is 0 Å². The lowest BCUT2D eigenvalue weighted by atomic mass is 10.1. The van der Waals surface area contributed by atoms with Crippen molar-refractivity contribution in [1.29, 1.82) is 5.26 Å². The molecule has 1 amide bonds. The molecule has 0 spiro atoms. The number of halogens is 1. The van der Waals surface area contributed by atoms with E-state index >= 15 is 0 Å². The lowest BCUT2D eigenvalue weighted by molar-refractivity contribution is -0.143. The zero-order chi connectivity index (χ0) is 19.0. The standard InChI is InChI=1S/C17H19IN2O5/c1-5-24-14-8-11(6-12(9-19)17(22)20(2)3)7-13(18)16(14)25-10-15(21)23-4/h6-8H,5,10H2,1-4H3/b12-6-. The molecular weight excluding hydrogens is 439 g/mol. The Kier molecular flexibility index (Phi) is 8.21. The van der Waals surface area contributed by atoms with Crippen molar-refractivity contribution < 1.29 is 23.8 Å². The summed E-state index contributed by atoms with van der Waals surface area (Å²) in [6, 6.07) is 5.28. The number of nitrogens with zero attached hydrogens (tertiary/aromatic N) is 2. The molecule has 0 atom stereocenters. The minimum atomic E-state index is -0.509. The molecule has 25 heavy (non-hydrogen) atoms. The molecule has 134 valence electrons. The fourth-order valence-corrected chi connectivity index (χ4v) is 2.59. The van der Waals surface area contributed by atoms with E-state index in [9.17, 15) is 14.9 Å². The highest BCUT2D eigenvalue weighted by Crippen LogP contribution is 2.35. The predicted molar refractivity (Wildman–Crippen MR) is 100 cm³/mol. The molecule has 0 aliphatic rings. The van der Waals surface area contributed by atoms with E-state index in [0.29, 0.717) is 27.2 Å². The van der Waals surface area contributed by atoms with E-state index in [-0.39, 0.29) is 18.1 Å². The van der Waals surface area contributed by atoms with Gasteiger partial charge in [0.2, 0.25) is 0 Å². The number of carbonyl (C=O) groups is 2. The van der Waals surface area contributed by atoms with Crippen molar-refractivity contribution in [2.75, 3.05) is 34.4 Å². The number of likely N-dealkylation sites (N-methyl/N-ethyl adjacent to an activating group) is 1. The number of benzene rings is 1. The van der Waals surface area contributed by atoms with Gasteiger partial charge in [-0.05, 0) is 53.3 Å². The first-order valence-corrected chi connectivity index (χ1v) is 8.41. The molecular formula is C17H19IN2O5. The van der Waals surface area contributed by atoms with Crippen molar-refractivity contribution >= 4 is 40.5 Å². The fraction of sp³-hybridized carbons (Fsp3) is 0.353. The van der Waals surface area contributed by atoms with Crippen molar-refractivity contribution in [1.82, 2.24) is 4.90 Å². The van der Waals surface area contributed by atoms with Gasteiger partial charge in [0.05, 0.1) is 17.3 Å². The van der Waals surface area contributed by atoms with E-state index in [2.05, 4.69) is 4.74 Å². The first-order chi connectivity index (χ1) is 11.8. The summed E-state index contributed by atoms with van der Waals surface area (Å²) in [4.78, 5) is 24.6. The Bertz CT molecular complexity index is 722. The molecule has 1 rings (SSSR count). The molecule has 8 heteroatoms. The second-order valence-electron chi connectivity index (χ2n) is 5.00. The van der Waals surface area contributed by atoms with Crippen LogP contribution in [0.25, 0.3) is 6.08 Å². The molecule has 0 fully saturated rings. The van der Waals surface area contributed by atoms with Gasteiger partial charge in [-0.25, -0.2) is 4.79 Å². The number of amides is 1. The Hall–Kier alpha value is -2.28. The predicted octanol–water partition coefficient (Wildman–Crippen LogP) is 2.24. The maximum Gasteiger partial charge on any atom is 0.343 e. The number of hydrogen-bond acceptors (Lipinski definition) is 6. The third-order valence-corrected chi connectivity index (χ3v) is 3.76. The molecule has 1 aromatic rings. The number of carbonyl (C=O) groups excluding carboxylic acids is 2. The third kappa shape index (κ3) is 5.94. The monoisotopic (exact) mass is 458 g/mol. The van der Waals surface area contributed by atoms with Crippen LogP contribution >= 0.6 is 22.6 Å². The van der Waals surface area contributed by atoms with Crippen molar-refractivity contribution in [2.24, 2.45) is 0 Å². The van der Waals surface area contributed by atoms with Gasteiger partial charge < -0.3 is 19.1 Å². The Morgan fingerprint density at radius 3 is 2.52 bits per heavy atom. The molecule has 7 nitrogen and oxygen atoms in total. The van der Waals surface area contributed by atoms with E-state index in [1.165, 1.54) is 18.1 Å². The molecule has 0 saturated heterocycles. The van der Waals surface area contributed by atoms with Crippen LogP contribution in [-0.4, -0.2) is 51.2 Å². The largest absolute Gasteiger partial charge is 0.490 e. The number of nitriles is 1. The minimum absolute atomic E-state index is 0.00600. The summed E-state index contributed by atoms with van der Waals surface area (Å²) in [7, 11) is 4.43. The Morgan fingerprint density at radius 2 is 2.00 bits per heavy atom. The first-order valence-electron chi connectivity index (χ1n) is 7.33. The smallest absolute Gasteiger partial charge is 0.343 e. The molecule has 1 aromatic carbocycles. The average Bonchev–Trinajstić information content (AvgIpc) is 2.58. The highest BCUT2D eigenvalue weighted by atomic mass is 127. The molecule has 0 heterocycles. The summed E-state index contributed by atoms with van der Waals surface area (Å²) in [5.74, 6) is -0.0753. The zero-order valence-electron chi connectivity index (χ0n) is 14.5. The van der Waals surface area contributed by atoms with Gasteiger partial charge in [-0.2, -0.15) is 5.26 Å². The quantitative estimate of drug-likeness (QED) is 0.270. The molecule has 0 aliphatic carbocycles. The van der Waals surface area contributed by atoms with Crippen LogP contribution in [-0.2, 0) is 14.3 Å². The maximum atomic E-state index is 12.0. The Labute approximate surface area is 160 Å². The van der Waals surface area contributed by atoms with Crippen LogP contribution in [0.1, 0.15) is 12.5 Å². The second-order valence-corrected chi connectivity index (χ2v) is 6.16. The van der Waals surface area contributed by atoms with Gasteiger partial charge in [-0.3, -0.25) is 4.79 Å². The van der Waals surface area contributed by atoms with Crippen molar-refractivity contribution in [3.63, 3.8) is 0 Å². The molecule has 0 aliphatic heterocycles. The van der Waals surface area contributed by atoms with Gasteiger partial charge in [0, 0.05) is 14.1 Å². The fourth-order valence-electron chi connectivity index (χ4n) is 1.81. The summed E-state index contributed by atoms with van der Waals surface area (Å²) in [5, 5.41) is 9.20. The molecule has 0 aromatic heterocycles. The lowest BCUT2D eigenvalue weighted by Gasteiger charge is -2.14. The highest BCUT2D eigenvalue weighted by molar-refractivity contribution is 14.1. The van der Waals surface area contributed by atoms with Crippen LogP contribution in [0.2, 0.25) is 0 Å². The van der Waals surface area contributed by atoms with E-state index in [1.54, 1.807) is 26.2 Å². The minimum Gasteiger partial charge on any atom is -0.490 e. The number of rotatable bonds is 7.